The average Bonchev–Trinajstić information content (AvgIpc) is 3.14. The number of hydrogen-bond acceptors (Lipinski definition) is 6. The van der Waals surface area contributed by atoms with E-state index in [0.29, 0.717) is 41.4 Å². The Bertz CT molecular complexity index is 1040. The predicted molar refractivity (Wildman–Crippen MR) is 118 cm³/mol. The van der Waals surface area contributed by atoms with Gasteiger partial charge in [-0.15, -0.1) is 16.8 Å². The van der Waals surface area contributed by atoms with Gasteiger partial charge in [-0.3, -0.25) is 4.79 Å². The number of benzene rings is 2. The Hall–Kier alpha value is -3.33. The van der Waals surface area contributed by atoms with Gasteiger partial charge in [-0.05, 0) is 24.3 Å². The highest BCUT2D eigenvalue weighted by molar-refractivity contribution is 7.99. The molecule has 3 rings (SSSR count). The summed E-state index contributed by atoms with van der Waals surface area (Å²) in [7, 11) is 1.60. The fraction of sp³-hybridized carbons (Fsp3) is 0.227. The van der Waals surface area contributed by atoms with Gasteiger partial charge in [0.25, 0.3) is 0 Å². The van der Waals surface area contributed by atoms with Gasteiger partial charge >= 0.3 is 0 Å². The molecule has 1 heterocycles. The first-order valence-corrected chi connectivity index (χ1v) is 10.6. The Kier molecular flexibility index (Phi) is 8.05. The van der Waals surface area contributed by atoms with Crippen LogP contribution in [0.5, 0.6) is 11.5 Å². The van der Waals surface area contributed by atoms with Crippen LogP contribution in [0.2, 0.25) is 0 Å². The zero-order valence-corrected chi connectivity index (χ0v) is 17.9. The lowest BCUT2D eigenvalue weighted by atomic mass is 10.3. The number of nitrogens with zero attached hydrogens (tertiary/aromatic N) is 3. The molecule has 9 heteroatoms. The first-order valence-electron chi connectivity index (χ1n) is 9.58. The second-order valence-corrected chi connectivity index (χ2v) is 7.41. The number of nitrogens with one attached hydrogen (secondary N) is 1. The number of carbonyl (C=O) groups excluding carboxylic acids is 1. The summed E-state index contributed by atoms with van der Waals surface area (Å²) in [5, 5.41) is 11.5. The number of methoxy groups -OCH3 is 1. The van der Waals surface area contributed by atoms with Crippen LogP contribution in [-0.4, -0.2) is 40.1 Å². The lowest BCUT2D eigenvalue weighted by Crippen LogP contribution is -2.18. The van der Waals surface area contributed by atoms with Crippen LogP contribution in [0.1, 0.15) is 5.82 Å². The van der Waals surface area contributed by atoms with E-state index in [1.54, 1.807) is 25.3 Å². The van der Waals surface area contributed by atoms with Gasteiger partial charge in [0.2, 0.25) is 5.91 Å². The molecule has 0 saturated carbocycles. The molecule has 0 bridgehead atoms. The van der Waals surface area contributed by atoms with E-state index in [4.69, 9.17) is 9.47 Å². The summed E-state index contributed by atoms with van der Waals surface area (Å²) in [5.74, 6) is 1.57. The Morgan fingerprint density at radius 1 is 1.19 bits per heavy atom. The van der Waals surface area contributed by atoms with Crippen LogP contribution in [0.15, 0.2) is 66.3 Å². The normalized spacial score (nSPS) is 10.5. The molecule has 7 nitrogen and oxygen atoms in total. The Morgan fingerprint density at radius 3 is 2.68 bits per heavy atom. The predicted octanol–water partition coefficient (Wildman–Crippen LogP) is 3.96. The van der Waals surface area contributed by atoms with Gasteiger partial charge in [0.1, 0.15) is 11.6 Å². The number of anilines is 1. The van der Waals surface area contributed by atoms with Crippen molar-refractivity contribution in [2.75, 3.05) is 24.8 Å². The molecule has 0 aliphatic heterocycles. The molecule has 1 aromatic heterocycles. The van der Waals surface area contributed by atoms with E-state index >= 15 is 0 Å². The maximum atomic E-state index is 13.8. The molecule has 0 fully saturated rings. The van der Waals surface area contributed by atoms with Crippen molar-refractivity contribution in [2.45, 2.75) is 18.1 Å². The second-order valence-electron chi connectivity index (χ2n) is 6.35. The van der Waals surface area contributed by atoms with Crippen molar-refractivity contribution in [1.29, 1.82) is 0 Å². The molecule has 0 saturated heterocycles. The molecule has 3 aromatic rings. The maximum Gasteiger partial charge on any atom is 0.232 e. The van der Waals surface area contributed by atoms with Gasteiger partial charge in [0, 0.05) is 12.3 Å². The summed E-state index contributed by atoms with van der Waals surface area (Å²) in [6, 6.07) is 13.4. The fourth-order valence-electron chi connectivity index (χ4n) is 2.79. The molecule has 1 amide bonds. The first kappa shape index (κ1) is 22.4. The highest BCUT2D eigenvalue weighted by atomic mass is 32.2. The third kappa shape index (κ3) is 6.08. The van der Waals surface area contributed by atoms with E-state index in [-0.39, 0.29) is 18.0 Å². The van der Waals surface area contributed by atoms with Gasteiger partial charge in [-0.25, -0.2) is 4.39 Å². The molecule has 0 atom stereocenters. The minimum absolute atomic E-state index is 0.0343. The summed E-state index contributed by atoms with van der Waals surface area (Å²) < 4.78 is 26.6. The quantitative estimate of drug-likeness (QED) is 0.275. The van der Waals surface area contributed by atoms with E-state index in [2.05, 4.69) is 22.1 Å². The molecule has 0 unspecified atom stereocenters. The molecular weight excluding hydrogens is 419 g/mol. The molecule has 31 heavy (non-hydrogen) atoms. The highest BCUT2D eigenvalue weighted by Gasteiger charge is 2.16. The van der Waals surface area contributed by atoms with Crippen molar-refractivity contribution < 1.29 is 18.7 Å². The molecule has 0 radical (unpaired) electrons. The van der Waals surface area contributed by atoms with Gasteiger partial charge in [-0.1, -0.05) is 42.1 Å². The van der Waals surface area contributed by atoms with Gasteiger partial charge < -0.3 is 19.4 Å². The van der Waals surface area contributed by atoms with Crippen LogP contribution in [0.3, 0.4) is 0 Å². The number of rotatable bonds is 11. The van der Waals surface area contributed by atoms with Gasteiger partial charge in [0.05, 0.1) is 25.8 Å². The number of hydrogen-bond donors (Lipinski definition) is 1. The van der Waals surface area contributed by atoms with Crippen LogP contribution < -0.4 is 14.8 Å². The number of thioether (sulfide) groups is 1. The van der Waals surface area contributed by atoms with E-state index in [1.165, 1.54) is 23.9 Å². The number of halogens is 1. The monoisotopic (exact) mass is 442 g/mol. The standard InChI is InChI=1S/C22H23FN4O3S/c1-3-12-27-20(15-21(28)24-17-9-5-4-8-16(17)23)25-26-22(27)31-14-13-30-19-11-7-6-10-18(19)29-2/h3-11H,1,12-15H2,2H3,(H,24,28). The Morgan fingerprint density at radius 2 is 1.94 bits per heavy atom. The van der Waals surface area contributed by atoms with Crippen molar-refractivity contribution in [2.24, 2.45) is 0 Å². The highest BCUT2D eigenvalue weighted by Crippen LogP contribution is 2.26. The summed E-state index contributed by atoms with van der Waals surface area (Å²) in [5.41, 5.74) is 0.130. The largest absolute Gasteiger partial charge is 0.493 e. The number of ether oxygens (including phenoxy) is 2. The maximum absolute atomic E-state index is 13.8. The van der Waals surface area contributed by atoms with E-state index in [0.717, 1.165) is 0 Å². The summed E-state index contributed by atoms with van der Waals surface area (Å²) in [4.78, 5) is 12.4. The number of amides is 1. The number of allylic oxidation sites excluding steroid dienone is 1. The van der Waals surface area contributed by atoms with E-state index in [1.807, 2.05) is 28.8 Å². The SMILES string of the molecule is C=CCn1c(CC(=O)Nc2ccccc2F)nnc1SCCOc1ccccc1OC. The zero-order valence-electron chi connectivity index (χ0n) is 17.1. The fourth-order valence-corrected chi connectivity index (χ4v) is 3.58. The molecule has 162 valence electrons. The van der Waals surface area contributed by atoms with Gasteiger partial charge in [0.15, 0.2) is 16.7 Å². The number of para-hydroxylation sites is 3. The van der Waals surface area contributed by atoms with Gasteiger partial charge in [-0.2, -0.15) is 0 Å². The van der Waals surface area contributed by atoms with Crippen LogP contribution in [0.4, 0.5) is 10.1 Å². The van der Waals surface area contributed by atoms with E-state index < -0.39 is 5.82 Å². The number of carbonyl (C=O) groups is 1. The van der Waals surface area contributed by atoms with Crippen molar-refractivity contribution in [1.82, 2.24) is 14.8 Å². The lowest BCUT2D eigenvalue weighted by molar-refractivity contribution is -0.115. The van der Waals surface area contributed by atoms with Crippen molar-refractivity contribution >= 4 is 23.4 Å². The molecule has 0 aliphatic carbocycles. The molecule has 1 N–H and O–H groups in total. The second kappa shape index (κ2) is 11.2. The third-order valence-electron chi connectivity index (χ3n) is 4.21. The summed E-state index contributed by atoms with van der Waals surface area (Å²) in [6.07, 6.45) is 1.67. The van der Waals surface area contributed by atoms with Crippen molar-refractivity contribution in [3.63, 3.8) is 0 Å². The Labute approximate surface area is 184 Å². The number of aromatic nitrogens is 3. The van der Waals surface area contributed by atoms with Crippen LogP contribution in [0, 0.1) is 5.82 Å². The smallest absolute Gasteiger partial charge is 0.232 e. The minimum atomic E-state index is -0.491. The average molecular weight is 443 g/mol. The summed E-state index contributed by atoms with van der Waals surface area (Å²) >= 11 is 1.46. The summed E-state index contributed by atoms with van der Waals surface area (Å²) in [6.45, 7) is 4.65. The lowest BCUT2D eigenvalue weighted by Gasteiger charge is -2.11. The van der Waals surface area contributed by atoms with Crippen molar-refractivity contribution in [3.05, 3.63) is 72.8 Å². The molecule has 0 aliphatic rings. The topological polar surface area (TPSA) is 78.3 Å². The van der Waals surface area contributed by atoms with E-state index in [9.17, 15) is 9.18 Å². The minimum Gasteiger partial charge on any atom is -0.493 e. The molecular formula is C22H23FN4O3S. The Balaban J connectivity index is 1.58. The van der Waals surface area contributed by atoms with Crippen LogP contribution in [0.25, 0.3) is 0 Å². The zero-order chi connectivity index (χ0) is 22.1. The third-order valence-corrected chi connectivity index (χ3v) is 5.14. The van der Waals surface area contributed by atoms with Crippen LogP contribution in [-0.2, 0) is 17.8 Å². The first-order chi connectivity index (χ1) is 15.1. The van der Waals surface area contributed by atoms with Crippen LogP contribution >= 0.6 is 11.8 Å². The molecule has 0 spiro atoms. The molecule has 2 aromatic carbocycles. The van der Waals surface area contributed by atoms with Crippen molar-refractivity contribution in [3.8, 4) is 11.5 Å².